The number of carbonyl (C=O) groups is 2. The number of para-hydroxylation sites is 1. The average molecular weight is 366 g/mol. The van der Waals surface area contributed by atoms with E-state index in [2.05, 4.69) is 15.6 Å². The van der Waals surface area contributed by atoms with Crippen LogP contribution in [-0.2, 0) is 0 Å². The van der Waals surface area contributed by atoms with E-state index in [1.807, 2.05) is 6.07 Å². The molecule has 1 heterocycles. The van der Waals surface area contributed by atoms with E-state index >= 15 is 0 Å². The molecular formula is C20H16ClN3O2. The van der Waals surface area contributed by atoms with E-state index in [0.29, 0.717) is 27.7 Å². The summed E-state index contributed by atoms with van der Waals surface area (Å²) in [6, 6.07) is 17.5. The predicted molar refractivity (Wildman–Crippen MR) is 103 cm³/mol. The van der Waals surface area contributed by atoms with Gasteiger partial charge in [-0.2, -0.15) is 0 Å². The number of Topliss-reactive ketones (excluding diaryl/α,β-unsaturated/α-hetero) is 1. The highest BCUT2D eigenvalue weighted by atomic mass is 35.5. The first kappa shape index (κ1) is 17.6. The number of hydrogen-bond donors (Lipinski definition) is 2. The summed E-state index contributed by atoms with van der Waals surface area (Å²) in [6.07, 6.45) is 1.48. The minimum absolute atomic E-state index is 0.00630. The largest absolute Gasteiger partial charge is 0.340 e. The van der Waals surface area contributed by atoms with Gasteiger partial charge in [-0.3, -0.25) is 9.59 Å². The molecule has 130 valence electrons. The molecule has 26 heavy (non-hydrogen) atoms. The maximum absolute atomic E-state index is 12.3. The first-order valence-electron chi connectivity index (χ1n) is 7.93. The second kappa shape index (κ2) is 7.80. The van der Waals surface area contributed by atoms with Gasteiger partial charge in [-0.25, -0.2) is 4.98 Å². The molecule has 0 aliphatic carbocycles. The van der Waals surface area contributed by atoms with Crippen LogP contribution in [0, 0.1) is 0 Å². The van der Waals surface area contributed by atoms with E-state index in [1.54, 1.807) is 54.6 Å². The molecule has 0 fully saturated rings. The van der Waals surface area contributed by atoms with Crippen molar-refractivity contribution in [1.29, 1.82) is 0 Å². The van der Waals surface area contributed by atoms with E-state index in [0.717, 1.165) is 5.69 Å². The Morgan fingerprint density at radius 3 is 2.46 bits per heavy atom. The van der Waals surface area contributed by atoms with Gasteiger partial charge in [-0.1, -0.05) is 35.9 Å². The number of ketones is 1. The van der Waals surface area contributed by atoms with Crippen LogP contribution < -0.4 is 10.6 Å². The Hall–Kier alpha value is -3.18. The van der Waals surface area contributed by atoms with Crippen molar-refractivity contribution in [3.05, 3.63) is 83.0 Å². The van der Waals surface area contributed by atoms with Crippen LogP contribution in [0.4, 0.5) is 17.2 Å². The second-order valence-corrected chi connectivity index (χ2v) is 6.04. The number of amides is 1. The zero-order valence-electron chi connectivity index (χ0n) is 14.0. The molecule has 3 rings (SSSR count). The summed E-state index contributed by atoms with van der Waals surface area (Å²) in [7, 11) is 0. The molecule has 2 N–H and O–H groups in total. The van der Waals surface area contributed by atoms with Crippen LogP contribution >= 0.6 is 11.6 Å². The van der Waals surface area contributed by atoms with Crippen molar-refractivity contribution in [2.75, 3.05) is 10.6 Å². The highest BCUT2D eigenvalue weighted by molar-refractivity contribution is 6.33. The molecule has 3 aromatic rings. The van der Waals surface area contributed by atoms with E-state index in [-0.39, 0.29) is 11.7 Å². The molecule has 0 aliphatic rings. The van der Waals surface area contributed by atoms with Gasteiger partial charge in [-0.05, 0) is 43.3 Å². The van der Waals surface area contributed by atoms with Crippen LogP contribution in [0.2, 0.25) is 5.02 Å². The molecule has 6 heteroatoms. The molecule has 0 unspecified atom stereocenters. The monoisotopic (exact) mass is 365 g/mol. The molecular weight excluding hydrogens is 350 g/mol. The zero-order valence-corrected chi connectivity index (χ0v) is 14.7. The Labute approximate surface area is 156 Å². The van der Waals surface area contributed by atoms with Gasteiger partial charge >= 0.3 is 0 Å². The Morgan fingerprint density at radius 1 is 0.962 bits per heavy atom. The summed E-state index contributed by atoms with van der Waals surface area (Å²) in [4.78, 5) is 28.0. The number of halogens is 1. The predicted octanol–water partition coefficient (Wildman–Crippen LogP) is 4.93. The van der Waals surface area contributed by atoms with Crippen molar-refractivity contribution in [2.45, 2.75) is 6.92 Å². The number of carbonyl (C=O) groups excluding carboxylic acids is 2. The Balaban J connectivity index is 1.70. The quantitative estimate of drug-likeness (QED) is 0.628. The maximum atomic E-state index is 12.3. The molecule has 0 atom stereocenters. The van der Waals surface area contributed by atoms with Crippen molar-refractivity contribution < 1.29 is 9.59 Å². The van der Waals surface area contributed by atoms with Gasteiger partial charge in [-0.15, -0.1) is 0 Å². The van der Waals surface area contributed by atoms with E-state index in [4.69, 9.17) is 11.6 Å². The van der Waals surface area contributed by atoms with Crippen LogP contribution in [0.1, 0.15) is 27.6 Å². The van der Waals surface area contributed by atoms with Gasteiger partial charge in [0, 0.05) is 17.4 Å². The molecule has 0 spiro atoms. The zero-order chi connectivity index (χ0) is 18.5. The number of pyridine rings is 1. The Morgan fingerprint density at radius 2 is 1.77 bits per heavy atom. The van der Waals surface area contributed by atoms with Gasteiger partial charge in [0.2, 0.25) is 0 Å². The molecule has 5 nitrogen and oxygen atoms in total. The van der Waals surface area contributed by atoms with E-state index in [9.17, 15) is 9.59 Å². The number of nitrogens with zero attached hydrogens (tertiary/aromatic N) is 1. The number of nitrogens with one attached hydrogen (secondary N) is 2. The summed E-state index contributed by atoms with van der Waals surface area (Å²) < 4.78 is 0. The lowest BCUT2D eigenvalue weighted by atomic mass is 10.1. The first-order chi connectivity index (χ1) is 12.5. The minimum Gasteiger partial charge on any atom is -0.340 e. The van der Waals surface area contributed by atoms with Crippen molar-refractivity contribution >= 4 is 40.5 Å². The fourth-order valence-corrected chi connectivity index (χ4v) is 2.51. The van der Waals surface area contributed by atoms with Gasteiger partial charge in [0.25, 0.3) is 5.91 Å². The number of aromatic nitrogens is 1. The molecule has 0 radical (unpaired) electrons. The molecule has 0 saturated carbocycles. The van der Waals surface area contributed by atoms with Crippen LogP contribution in [0.5, 0.6) is 0 Å². The molecule has 0 saturated heterocycles. The highest BCUT2D eigenvalue weighted by Crippen LogP contribution is 2.21. The fourth-order valence-electron chi connectivity index (χ4n) is 2.32. The van der Waals surface area contributed by atoms with Crippen LogP contribution in [0.15, 0.2) is 66.9 Å². The summed E-state index contributed by atoms with van der Waals surface area (Å²) in [5.41, 5.74) is 2.32. The smallest absolute Gasteiger partial charge is 0.257 e. The standard InChI is InChI=1S/C20H16ClN3O2/c1-13(25)14-5-4-6-16(11-14)23-19-10-9-15(12-22-19)20(26)24-18-8-3-2-7-17(18)21/h2-12H,1H3,(H,22,23)(H,24,26). The number of anilines is 3. The van der Waals surface area contributed by atoms with Crippen LogP contribution in [0.3, 0.4) is 0 Å². The van der Waals surface area contributed by atoms with Gasteiger partial charge in [0.05, 0.1) is 16.3 Å². The third-order valence-electron chi connectivity index (χ3n) is 3.69. The lowest BCUT2D eigenvalue weighted by Crippen LogP contribution is -2.12. The van der Waals surface area contributed by atoms with Crippen LogP contribution in [-0.4, -0.2) is 16.7 Å². The van der Waals surface area contributed by atoms with Gasteiger partial charge in [0.1, 0.15) is 5.82 Å². The molecule has 1 amide bonds. The lowest BCUT2D eigenvalue weighted by molar-refractivity contribution is 0.101. The Bertz CT molecular complexity index is 955. The van der Waals surface area contributed by atoms with Crippen LogP contribution in [0.25, 0.3) is 0 Å². The van der Waals surface area contributed by atoms with Gasteiger partial charge < -0.3 is 10.6 Å². The number of rotatable bonds is 5. The third kappa shape index (κ3) is 4.26. The summed E-state index contributed by atoms with van der Waals surface area (Å²) in [6.45, 7) is 1.52. The third-order valence-corrected chi connectivity index (χ3v) is 4.02. The van der Waals surface area contributed by atoms with Crippen molar-refractivity contribution in [3.8, 4) is 0 Å². The second-order valence-electron chi connectivity index (χ2n) is 5.63. The molecule has 1 aromatic heterocycles. The summed E-state index contributed by atoms with van der Waals surface area (Å²) >= 11 is 6.04. The molecule has 2 aromatic carbocycles. The lowest BCUT2D eigenvalue weighted by Gasteiger charge is -2.09. The minimum atomic E-state index is -0.296. The SMILES string of the molecule is CC(=O)c1cccc(Nc2ccc(C(=O)Nc3ccccc3Cl)cn2)c1. The normalized spacial score (nSPS) is 10.2. The number of hydrogen-bond acceptors (Lipinski definition) is 4. The molecule has 0 aliphatic heterocycles. The van der Waals surface area contributed by atoms with Crippen molar-refractivity contribution in [3.63, 3.8) is 0 Å². The maximum Gasteiger partial charge on any atom is 0.257 e. The summed E-state index contributed by atoms with van der Waals surface area (Å²) in [5.74, 6) is 0.268. The van der Waals surface area contributed by atoms with Gasteiger partial charge in [0.15, 0.2) is 5.78 Å². The fraction of sp³-hybridized carbons (Fsp3) is 0.0500. The topological polar surface area (TPSA) is 71.1 Å². The molecule has 0 bridgehead atoms. The van der Waals surface area contributed by atoms with E-state index < -0.39 is 0 Å². The first-order valence-corrected chi connectivity index (χ1v) is 8.31. The average Bonchev–Trinajstić information content (AvgIpc) is 2.64. The Kier molecular flexibility index (Phi) is 5.29. The van der Waals surface area contributed by atoms with Crippen molar-refractivity contribution in [2.24, 2.45) is 0 Å². The van der Waals surface area contributed by atoms with Crippen molar-refractivity contribution in [1.82, 2.24) is 4.98 Å². The van der Waals surface area contributed by atoms with E-state index in [1.165, 1.54) is 13.1 Å². The highest BCUT2D eigenvalue weighted by Gasteiger charge is 2.09. The summed E-state index contributed by atoms with van der Waals surface area (Å²) in [5, 5.41) is 6.32. The number of benzene rings is 2.